The molecule has 0 aromatic rings. The van der Waals surface area contributed by atoms with Crippen molar-refractivity contribution in [3.63, 3.8) is 0 Å². The van der Waals surface area contributed by atoms with Gasteiger partial charge in [-0.15, -0.1) is 0 Å². The van der Waals surface area contributed by atoms with Crippen molar-refractivity contribution in [1.82, 2.24) is 4.90 Å². The van der Waals surface area contributed by atoms with Gasteiger partial charge in [-0.2, -0.15) is 12.6 Å². The first-order valence-electron chi connectivity index (χ1n) is 5.93. The molecule has 0 aliphatic carbocycles. The second-order valence-electron chi connectivity index (χ2n) is 4.69. The quantitative estimate of drug-likeness (QED) is 0.611. The highest BCUT2D eigenvalue weighted by Crippen LogP contribution is 2.10. The Morgan fingerprint density at radius 3 is 2.21 bits per heavy atom. The highest BCUT2D eigenvalue weighted by Gasteiger charge is 2.07. The summed E-state index contributed by atoms with van der Waals surface area (Å²) in [6.45, 7) is 12.9. The van der Waals surface area contributed by atoms with Gasteiger partial charge < -0.3 is 4.90 Å². The normalized spacial score (nSPS) is 13.9. The molecule has 0 saturated carbocycles. The van der Waals surface area contributed by atoms with Gasteiger partial charge in [0.2, 0.25) is 0 Å². The fourth-order valence-electron chi connectivity index (χ4n) is 1.66. The molecule has 2 heteroatoms. The maximum atomic E-state index is 4.27. The number of rotatable bonds is 8. The number of thiol groups is 1. The number of hydrogen-bond acceptors (Lipinski definition) is 2. The lowest BCUT2D eigenvalue weighted by atomic mass is 10.0. The molecule has 0 rings (SSSR count). The van der Waals surface area contributed by atoms with Crippen molar-refractivity contribution in [3.05, 3.63) is 0 Å². The van der Waals surface area contributed by atoms with Gasteiger partial charge in [-0.1, -0.05) is 27.7 Å². The van der Waals surface area contributed by atoms with E-state index >= 15 is 0 Å². The third-order valence-electron chi connectivity index (χ3n) is 2.63. The number of hydrogen-bond donors (Lipinski definition) is 1. The summed E-state index contributed by atoms with van der Waals surface area (Å²) in [7, 11) is 0. The van der Waals surface area contributed by atoms with Crippen LogP contribution in [0.5, 0.6) is 0 Å². The average Bonchev–Trinajstić information content (AvgIpc) is 2.12. The SMILES string of the molecule is CCN(CCC(C)CCS)CC(C)C. The predicted octanol–water partition coefficient (Wildman–Crippen LogP) is 3.31. The fourth-order valence-corrected chi connectivity index (χ4v) is 2.10. The van der Waals surface area contributed by atoms with Crippen LogP contribution in [0.15, 0.2) is 0 Å². The van der Waals surface area contributed by atoms with Crippen LogP contribution in [0.3, 0.4) is 0 Å². The Hall–Kier alpha value is 0.310. The van der Waals surface area contributed by atoms with Crippen LogP contribution in [0.2, 0.25) is 0 Å². The summed E-state index contributed by atoms with van der Waals surface area (Å²) in [5, 5.41) is 0. The Balaban J connectivity index is 3.60. The van der Waals surface area contributed by atoms with Gasteiger partial charge in [-0.05, 0) is 43.5 Å². The molecule has 0 aromatic heterocycles. The van der Waals surface area contributed by atoms with Crippen LogP contribution in [-0.4, -0.2) is 30.3 Å². The molecule has 0 aromatic carbocycles. The van der Waals surface area contributed by atoms with Crippen LogP contribution in [0.4, 0.5) is 0 Å². The van der Waals surface area contributed by atoms with E-state index in [9.17, 15) is 0 Å². The summed E-state index contributed by atoms with van der Waals surface area (Å²) in [5.74, 6) is 2.64. The zero-order chi connectivity index (χ0) is 11.0. The lowest BCUT2D eigenvalue weighted by molar-refractivity contribution is 0.239. The standard InChI is InChI=1S/C12H27NS/c1-5-13(10-11(2)3)8-6-12(4)7-9-14/h11-12,14H,5-10H2,1-4H3. The summed E-state index contributed by atoms with van der Waals surface area (Å²) in [6, 6.07) is 0. The first kappa shape index (κ1) is 14.3. The zero-order valence-corrected chi connectivity index (χ0v) is 11.2. The van der Waals surface area contributed by atoms with Crippen molar-refractivity contribution in [1.29, 1.82) is 0 Å². The van der Waals surface area contributed by atoms with Gasteiger partial charge >= 0.3 is 0 Å². The molecule has 0 aliphatic heterocycles. The minimum Gasteiger partial charge on any atom is -0.303 e. The van der Waals surface area contributed by atoms with Crippen LogP contribution in [0, 0.1) is 11.8 Å². The smallest absolute Gasteiger partial charge is 0.000427 e. The average molecular weight is 217 g/mol. The highest BCUT2D eigenvalue weighted by molar-refractivity contribution is 7.80. The lowest BCUT2D eigenvalue weighted by Crippen LogP contribution is -2.29. The van der Waals surface area contributed by atoms with Crippen LogP contribution < -0.4 is 0 Å². The molecular formula is C12H27NS. The van der Waals surface area contributed by atoms with Crippen LogP contribution in [-0.2, 0) is 0 Å². The van der Waals surface area contributed by atoms with Crippen molar-refractivity contribution < 1.29 is 0 Å². The zero-order valence-electron chi connectivity index (χ0n) is 10.3. The van der Waals surface area contributed by atoms with Gasteiger partial charge in [0.25, 0.3) is 0 Å². The van der Waals surface area contributed by atoms with Gasteiger partial charge in [-0.3, -0.25) is 0 Å². The minimum atomic E-state index is 0.787. The fraction of sp³-hybridized carbons (Fsp3) is 1.00. The van der Waals surface area contributed by atoms with E-state index in [1.54, 1.807) is 0 Å². The lowest BCUT2D eigenvalue weighted by Gasteiger charge is -2.23. The third-order valence-corrected chi connectivity index (χ3v) is 2.89. The van der Waals surface area contributed by atoms with E-state index in [1.807, 2.05) is 0 Å². The molecule has 0 N–H and O–H groups in total. The first-order valence-corrected chi connectivity index (χ1v) is 6.56. The Kier molecular flexibility index (Phi) is 8.80. The van der Waals surface area contributed by atoms with Crippen molar-refractivity contribution in [3.8, 4) is 0 Å². The van der Waals surface area contributed by atoms with Crippen LogP contribution >= 0.6 is 12.6 Å². The predicted molar refractivity (Wildman–Crippen MR) is 69.2 cm³/mol. The summed E-state index contributed by atoms with van der Waals surface area (Å²) >= 11 is 4.27. The van der Waals surface area contributed by atoms with E-state index in [0.29, 0.717) is 0 Å². The minimum absolute atomic E-state index is 0.787. The van der Waals surface area contributed by atoms with E-state index in [4.69, 9.17) is 0 Å². The Morgan fingerprint density at radius 1 is 1.14 bits per heavy atom. The molecule has 14 heavy (non-hydrogen) atoms. The first-order chi connectivity index (χ1) is 6.60. The van der Waals surface area contributed by atoms with E-state index in [2.05, 4.69) is 45.2 Å². The largest absolute Gasteiger partial charge is 0.303 e. The molecule has 0 bridgehead atoms. The van der Waals surface area contributed by atoms with Crippen LogP contribution in [0.25, 0.3) is 0 Å². The van der Waals surface area contributed by atoms with Crippen molar-refractivity contribution in [2.45, 2.75) is 40.5 Å². The molecule has 0 saturated heterocycles. The van der Waals surface area contributed by atoms with E-state index in [-0.39, 0.29) is 0 Å². The summed E-state index contributed by atoms with van der Waals surface area (Å²) in [4.78, 5) is 2.56. The van der Waals surface area contributed by atoms with Crippen molar-refractivity contribution in [2.24, 2.45) is 11.8 Å². The second-order valence-corrected chi connectivity index (χ2v) is 5.14. The maximum Gasteiger partial charge on any atom is 0.000427 e. The Labute approximate surface area is 95.7 Å². The molecule has 1 nitrogen and oxygen atoms in total. The van der Waals surface area contributed by atoms with Gasteiger partial charge in [0.15, 0.2) is 0 Å². The molecule has 0 amide bonds. The van der Waals surface area contributed by atoms with Gasteiger partial charge in [0.1, 0.15) is 0 Å². The van der Waals surface area contributed by atoms with Crippen LogP contribution in [0.1, 0.15) is 40.5 Å². The monoisotopic (exact) mass is 217 g/mol. The Bertz CT molecular complexity index is 125. The van der Waals surface area contributed by atoms with E-state index in [0.717, 1.165) is 17.6 Å². The van der Waals surface area contributed by atoms with Crippen molar-refractivity contribution >= 4 is 12.6 Å². The molecule has 0 heterocycles. The van der Waals surface area contributed by atoms with Gasteiger partial charge in [0.05, 0.1) is 0 Å². The van der Waals surface area contributed by atoms with E-state index in [1.165, 1.54) is 32.5 Å². The molecule has 0 aliphatic rings. The summed E-state index contributed by atoms with van der Waals surface area (Å²) in [5.41, 5.74) is 0. The molecule has 0 fully saturated rings. The molecule has 86 valence electrons. The maximum absolute atomic E-state index is 4.27. The Morgan fingerprint density at radius 2 is 1.79 bits per heavy atom. The summed E-state index contributed by atoms with van der Waals surface area (Å²) in [6.07, 6.45) is 2.57. The third kappa shape index (κ3) is 7.69. The van der Waals surface area contributed by atoms with Gasteiger partial charge in [-0.25, -0.2) is 0 Å². The van der Waals surface area contributed by atoms with Crippen molar-refractivity contribution in [2.75, 3.05) is 25.4 Å². The van der Waals surface area contributed by atoms with E-state index < -0.39 is 0 Å². The number of nitrogens with zero attached hydrogens (tertiary/aromatic N) is 1. The second kappa shape index (κ2) is 8.60. The highest BCUT2D eigenvalue weighted by atomic mass is 32.1. The molecule has 0 spiro atoms. The topological polar surface area (TPSA) is 3.24 Å². The molecular weight excluding hydrogens is 190 g/mol. The molecule has 0 radical (unpaired) electrons. The van der Waals surface area contributed by atoms with Gasteiger partial charge in [0, 0.05) is 6.54 Å². The molecule has 1 unspecified atom stereocenters. The summed E-state index contributed by atoms with van der Waals surface area (Å²) < 4.78 is 0. The molecule has 1 atom stereocenters.